The molecule has 0 bridgehead atoms. The zero-order chi connectivity index (χ0) is 16.8. The summed E-state index contributed by atoms with van der Waals surface area (Å²) in [6.07, 6.45) is -3.54. The van der Waals surface area contributed by atoms with Gasteiger partial charge in [-0.1, -0.05) is 5.57 Å². The molecule has 0 spiro atoms. The standard InChI is InChI=1S/C14H14F3NO4/c1-9(2)7-13(20)21-8-12(19)18-10-3-5-11(6-4-10)22-14(15,16)17/h3-7H,8H2,1-2H3,(H,18,19). The van der Waals surface area contributed by atoms with E-state index in [0.29, 0.717) is 0 Å². The van der Waals surface area contributed by atoms with Crippen LogP contribution < -0.4 is 10.1 Å². The van der Waals surface area contributed by atoms with Crippen LogP contribution in [0.5, 0.6) is 5.75 Å². The van der Waals surface area contributed by atoms with Gasteiger partial charge in [-0.15, -0.1) is 13.2 Å². The molecule has 0 radical (unpaired) electrons. The average molecular weight is 317 g/mol. The van der Waals surface area contributed by atoms with Crippen LogP contribution in [0.15, 0.2) is 35.9 Å². The third-order valence-electron chi connectivity index (χ3n) is 2.12. The summed E-state index contributed by atoms with van der Waals surface area (Å²) in [4.78, 5) is 22.7. The lowest BCUT2D eigenvalue weighted by molar-refractivity contribution is -0.274. The molecule has 1 rings (SSSR count). The zero-order valence-electron chi connectivity index (χ0n) is 11.9. The number of anilines is 1. The Morgan fingerprint density at radius 1 is 1.18 bits per heavy atom. The van der Waals surface area contributed by atoms with E-state index in [2.05, 4.69) is 14.8 Å². The van der Waals surface area contributed by atoms with Gasteiger partial charge < -0.3 is 14.8 Å². The second-order valence-corrected chi connectivity index (χ2v) is 4.45. The molecule has 1 N–H and O–H groups in total. The number of esters is 1. The maximum absolute atomic E-state index is 12.0. The minimum atomic E-state index is -4.77. The third-order valence-corrected chi connectivity index (χ3v) is 2.12. The molecule has 0 heterocycles. The predicted molar refractivity (Wildman–Crippen MR) is 72.1 cm³/mol. The molecule has 120 valence electrons. The van der Waals surface area contributed by atoms with Gasteiger partial charge in [0.1, 0.15) is 5.75 Å². The van der Waals surface area contributed by atoms with E-state index in [9.17, 15) is 22.8 Å². The highest BCUT2D eigenvalue weighted by Crippen LogP contribution is 2.23. The average Bonchev–Trinajstić information content (AvgIpc) is 2.36. The van der Waals surface area contributed by atoms with Crippen LogP contribution in [0.4, 0.5) is 18.9 Å². The van der Waals surface area contributed by atoms with E-state index in [1.165, 1.54) is 18.2 Å². The van der Waals surface area contributed by atoms with Crippen molar-refractivity contribution in [3.05, 3.63) is 35.9 Å². The number of amides is 1. The Morgan fingerprint density at radius 3 is 2.27 bits per heavy atom. The van der Waals surface area contributed by atoms with E-state index in [1.54, 1.807) is 13.8 Å². The number of hydrogen-bond acceptors (Lipinski definition) is 4. The van der Waals surface area contributed by atoms with E-state index in [-0.39, 0.29) is 5.69 Å². The number of benzene rings is 1. The summed E-state index contributed by atoms with van der Waals surface area (Å²) in [5, 5.41) is 2.37. The second kappa shape index (κ2) is 7.48. The number of carbonyl (C=O) groups is 2. The molecule has 0 aliphatic carbocycles. The van der Waals surface area contributed by atoms with Crippen molar-refractivity contribution in [2.24, 2.45) is 0 Å². The number of hydrogen-bond donors (Lipinski definition) is 1. The lowest BCUT2D eigenvalue weighted by Gasteiger charge is -2.10. The minimum Gasteiger partial charge on any atom is -0.452 e. The first-order valence-electron chi connectivity index (χ1n) is 6.13. The van der Waals surface area contributed by atoms with E-state index in [1.807, 2.05) is 0 Å². The van der Waals surface area contributed by atoms with Gasteiger partial charge in [0.25, 0.3) is 5.91 Å². The number of carbonyl (C=O) groups excluding carboxylic acids is 2. The van der Waals surface area contributed by atoms with Gasteiger partial charge in [-0.3, -0.25) is 4.79 Å². The Labute approximate surface area is 124 Å². The first-order chi connectivity index (χ1) is 10.2. The first kappa shape index (κ1) is 17.5. The number of allylic oxidation sites excluding steroid dienone is 1. The third kappa shape index (κ3) is 7.32. The fraction of sp³-hybridized carbons (Fsp3) is 0.286. The fourth-order valence-electron chi connectivity index (χ4n) is 1.35. The highest BCUT2D eigenvalue weighted by molar-refractivity contribution is 5.93. The number of ether oxygens (including phenoxy) is 2. The highest BCUT2D eigenvalue weighted by atomic mass is 19.4. The smallest absolute Gasteiger partial charge is 0.452 e. The van der Waals surface area contributed by atoms with Crippen molar-refractivity contribution >= 4 is 17.6 Å². The first-order valence-corrected chi connectivity index (χ1v) is 6.13. The highest BCUT2D eigenvalue weighted by Gasteiger charge is 2.30. The summed E-state index contributed by atoms with van der Waals surface area (Å²) in [7, 11) is 0. The van der Waals surface area contributed by atoms with Crippen LogP contribution in [0.1, 0.15) is 13.8 Å². The molecule has 8 heteroatoms. The van der Waals surface area contributed by atoms with Crippen LogP contribution in [0, 0.1) is 0 Å². The second-order valence-electron chi connectivity index (χ2n) is 4.45. The largest absolute Gasteiger partial charge is 0.573 e. The number of halogens is 3. The quantitative estimate of drug-likeness (QED) is 0.670. The molecule has 1 aromatic rings. The Balaban J connectivity index is 2.48. The topological polar surface area (TPSA) is 64.6 Å². The van der Waals surface area contributed by atoms with Gasteiger partial charge >= 0.3 is 12.3 Å². The summed E-state index contributed by atoms with van der Waals surface area (Å²) in [6.45, 7) is 2.90. The molecule has 0 saturated heterocycles. The lowest BCUT2D eigenvalue weighted by atomic mass is 10.3. The van der Waals surface area contributed by atoms with Crippen LogP contribution >= 0.6 is 0 Å². The van der Waals surface area contributed by atoms with Gasteiger partial charge in [-0.25, -0.2) is 4.79 Å². The van der Waals surface area contributed by atoms with E-state index in [4.69, 9.17) is 0 Å². The maximum Gasteiger partial charge on any atom is 0.573 e. The summed E-state index contributed by atoms with van der Waals surface area (Å²) in [6, 6.07) is 4.57. The molecule has 0 aliphatic rings. The molecule has 1 amide bonds. The zero-order valence-corrected chi connectivity index (χ0v) is 11.9. The number of nitrogens with one attached hydrogen (secondary N) is 1. The lowest BCUT2D eigenvalue weighted by Crippen LogP contribution is -2.20. The predicted octanol–water partition coefficient (Wildman–Crippen LogP) is 3.03. The molecule has 0 aromatic heterocycles. The van der Waals surface area contributed by atoms with Gasteiger partial charge in [0.05, 0.1) is 0 Å². The molecule has 0 unspecified atom stereocenters. The summed E-state index contributed by atoms with van der Waals surface area (Å²) >= 11 is 0. The van der Waals surface area contributed by atoms with Crippen molar-refractivity contribution in [2.75, 3.05) is 11.9 Å². The molecule has 1 aromatic carbocycles. The van der Waals surface area contributed by atoms with Crippen molar-refractivity contribution in [1.29, 1.82) is 0 Å². The van der Waals surface area contributed by atoms with Crippen LogP contribution in [0.3, 0.4) is 0 Å². The van der Waals surface area contributed by atoms with Gasteiger partial charge in [0, 0.05) is 11.8 Å². The van der Waals surface area contributed by atoms with Gasteiger partial charge in [-0.2, -0.15) is 0 Å². The Kier molecular flexibility index (Phi) is 5.97. The van der Waals surface area contributed by atoms with Crippen molar-refractivity contribution in [2.45, 2.75) is 20.2 Å². The Bertz CT molecular complexity index is 560. The van der Waals surface area contributed by atoms with Crippen LogP contribution in [0.2, 0.25) is 0 Å². The fourth-order valence-corrected chi connectivity index (χ4v) is 1.35. The van der Waals surface area contributed by atoms with E-state index in [0.717, 1.165) is 17.7 Å². The van der Waals surface area contributed by atoms with Gasteiger partial charge in [-0.05, 0) is 38.1 Å². The number of rotatable bonds is 5. The van der Waals surface area contributed by atoms with Crippen LogP contribution in [-0.4, -0.2) is 24.8 Å². The monoisotopic (exact) mass is 317 g/mol. The minimum absolute atomic E-state index is 0.248. The normalized spacial score (nSPS) is 10.6. The SMILES string of the molecule is CC(C)=CC(=O)OCC(=O)Nc1ccc(OC(F)(F)F)cc1. The summed E-state index contributed by atoms with van der Waals surface area (Å²) < 4.78 is 44.3. The van der Waals surface area contributed by atoms with Crippen LogP contribution in [-0.2, 0) is 14.3 Å². The van der Waals surface area contributed by atoms with E-state index < -0.39 is 30.6 Å². The molecule has 0 atom stereocenters. The molecular formula is C14H14F3NO4. The molecule has 0 aliphatic heterocycles. The summed E-state index contributed by atoms with van der Waals surface area (Å²) in [5.74, 6) is -1.66. The molecule has 0 fully saturated rings. The molecule has 5 nitrogen and oxygen atoms in total. The molecular weight excluding hydrogens is 303 g/mol. The summed E-state index contributed by atoms with van der Waals surface area (Å²) in [5.41, 5.74) is 0.975. The Hall–Kier alpha value is -2.51. The van der Waals surface area contributed by atoms with Crippen molar-refractivity contribution in [1.82, 2.24) is 0 Å². The van der Waals surface area contributed by atoms with Crippen molar-refractivity contribution in [3.8, 4) is 5.75 Å². The van der Waals surface area contributed by atoms with Crippen LogP contribution in [0.25, 0.3) is 0 Å². The molecule has 0 saturated carbocycles. The molecule has 22 heavy (non-hydrogen) atoms. The van der Waals surface area contributed by atoms with Crippen molar-refractivity contribution < 1.29 is 32.2 Å². The van der Waals surface area contributed by atoms with E-state index >= 15 is 0 Å². The van der Waals surface area contributed by atoms with Gasteiger partial charge in [0.2, 0.25) is 0 Å². The maximum atomic E-state index is 12.0. The Morgan fingerprint density at radius 2 is 1.77 bits per heavy atom. The van der Waals surface area contributed by atoms with Crippen molar-refractivity contribution in [3.63, 3.8) is 0 Å². The number of alkyl halides is 3. The van der Waals surface area contributed by atoms with Gasteiger partial charge in [0.15, 0.2) is 6.61 Å².